The molecule has 1 atom stereocenters. The summed E-state index contributed by atoms with van der Waals surface area (Å²) in [6.07, 6.45) is 6.24. The predicted octanol–water partition coefficient (Wildman–Crippen LogP) is 1.60. The molecule has 1 heterocycles. The maximum absolute atomic E-state index is 11.5. The molecule has 1 aliphatic rings. The van der Waals surface area contributed by atoms with Crippen LogP contribution in [0.4, 0.5) is 0 Å². The molecule has 22 heavy (non-hydrogen) atoms. The van der Waals surface area contributed by atoms with Crippen molar-refractivity contribution >= 4 is 35.8 Å². The summed E-state index contributed by atoms with van der Waals surface area (Å²) in [5, 5.41) is 6.42. The minimum absolute atomic E-state index is 0. The first-order valence-corrected chi connectivity index (χ1v) is 7.97. The van der Waals surface area contributed by atoms with Crippen LogP contribution in [0.1, 0.15) is 39.0 Å². The Bertz CT molecular complexity index is 332. The summed E-state index contributed by atoms with van der Waals surface area (Å²) in [5.41, 5.74) is 0. The van der Waals surface area contributed by atoms with E-state index in [1.54, 1.807) is 19.0 Å². The molecule has 7 heteroatoms. The van der Waals surface area contributed by atoms with Crippen LogP contribution in [0.5, 0.6) is 0 Å². The molecular formula is C15H31IN4O2. The first kappa shape index (κ1) is 21.4. The van der Waals surface area contributed by atoms with Crippen molar-refractivity contribution in [1.29, 1.82) is 0 Å². The van der Waals surface area contributed by atoms with Gasteiger partial charge in [0.1, 0.15) is 6.54 Å². The summed E-state index contributed by atoms with van der Waals surface area (Å²) < 4.78 is 5.71. The van der Waals surface area contributed by atoms with Gasteiger partial charge in [0.05, 0.1) is 6.10 Å². The number of hydrogen-bond donors (Lipinski definition) is 2. The molecule has 1 fully saturated rings. The highest BCUT2D eigenvalue weighted by Gasteiger charge is 2.13. The number of likely N-dealkylation sites (N-methyl/N-ethyl adjacent to an activating group) is 1. The normalized spacial score (nSPS) is 18.3. The second kappa shape index (κ2) is 12.9. The SMILES string of the molecule is CCNC(=NCC(=O)N(C)C)NCCCC1CCCCO1.I. The second-order valence-corrected chi connectivity index (χ2v) is 5.54. The Morgan fingerprint density at radius 3 is 2.68 bits per heavy atom. The molecule has 0 aromatic carbocycles. The zero-order valence-electron chi connectivity index (χ0n) is 14.1. The fraction of sp³-hybridized carbons (Fsp3) is 0.867. The number of hydrogen-bond acceptors (Lipinski definition) is 3. The molecule has 0 bridgehead atoms. The molecule has 0 saturated carbocycles. The number of guanidine groups is 1. The molecule has 6 nitrogen and oxygen atoms in total. The third-order valence-electron chi connectivity index (χ3n) is 3.48. The molecule has 1 unspecified atom stereocenters. The molecule has 0 spiro atoms. The number of carbonyl (C=O) groups is 1. The first-order valence-electron chi connectivity index (χ1n) is 7.97. The van der Waals surface area contributed by atoms with Crippen molar-refractivity contribution in [3.05, 3.63) is 0 Å². The number of ether oxygens (including phenoxy) is 1. The lowest BCUT2D eigenvalue weighted by molar-refractivity contribution is -0.127. The van der Waals surface area contributed by atoms with Gasteiger partial charge in [0.15, 0.2) is 5.96 Å². The maximum atomic E-state index is 11.5. The zero-order chi connectivity index (χ0) is 15.5. The molecule has 1 rings (SSSR count). The standard InChI is InChI=1S/C15H30N4O2.HI/c1-4-16-15(18-12-14(20)19(2)3)17-10-7-9-13-8-5-6-11-21-13;/h13H,4-12H2,1-3H3,(H2,16,17,18);1H. The number of amides is 1. The monoisotopic (exact) mass is 426 g/mol. The van der Waals surface area contributed by atoms with Crippen molar-refractivity contribution < 1.29 is 9.53 Å². The van der Waals surface area contributed by atoms with Gasteiger partial charge in [0.25, 0.3) is 0 Å². The molecule has 0 aromatic rings. The molecule has 1 amide bonds. The van der Waals surface area contributed by atoms with Gasteiger partial charge in [-0.2, -0.15) is 0 Å². The van der Waals surface area contributed by atoms with Gasteiger partial charge in [0.2, 0.25) is 5.91 Å². The van der Waals surface area contributed by atoms with Crippen LogP contribution < -0.4 is 10.6 Å². The van der Waals surface area contributed by atoms with E-state index in [0.29, 0.717) is 12.1 Å². The van der Waals surface area contributed by atoms with Crippen molar-refractivity contribution in [2.75, 3.05) is 40.3 Å². The average molecular weight is 426 g/mol. The van der Waals surface area contributed by atoms with Crippen molar-refractivity contribution in [3.8, 4) is 0 Å². The van der Waals surface area contributed by atoms with E-state index in [9.17, 15) is 4.79 Å². The third-order valence-corrected chi connectivity index (χ3v) is 3.48. The van der Waals surface area contributed by atoms with Gasteiger partial charge >= 0.3 is 0 Å². The van der Waals surface area contributed by atoms with E-state index in [1.165, 1.54) is 19.3 Å². The van der Waals surface area contributed by atoms with Gasteiger partial charge < -0.3 is 20.3 Å². The first-order chi connectivity index (χ1) is 10.1. The molecule has 1 aliphatic heterocycles. The topological polar surface area (TPSA) is 66.0 Å². The Morgan fingerprint density at radius 1 is 1.32 bits per heavy atom. The Hall–Kier alpha value is -0.570. The van der Waals surface area contributed by atoms with E-state index in [4.69, 9.17) is 4.74 Å². The van der Waals surface area contributed by atoms with E-state index in [0.717, 1.165) is 32.5 Å². The number of aliphatic imine (C=N–C) groups is 1. The van der Waals surface area contributed by atoms with Crippen molar-refractivity contribution in [1.82, 2.24) is 15.5 Å². The van der Waals surface area contributed by atoms with Crippen LogP contribution in [0.3, 0.4) is 0 Å². The van der Waals surface area contributed by atoms with Crippen LogP contribution in [-0.4, -0.2) is 63.2 Å². The lowest BCUT2D eigenvalue weighted by Gasteiger charge is -2.22. The van der Waals surface area contributed by atoms with Gasteiger partial charge in [0, 0.05) is 33.8 Å². The highest BCUT2D eigenvalue weighted by atomic mass is 127. The van der Waals surface area contributed by atoms with Gasteiger partial charge in [-0.1, -0.05) is 0 Å². The van der Waals surface area contributed by atoms with E-state index >= 15 is 0 Å². The Morgan fingerprint density at radius 2 is 2.09 bits per heavy atom. The Kier molecular flexibility index (Phi) is 12.6. The van der Waals surface area contributed by atoms with Crippen LogP contribution in [-0.2, 0) is 9.53 Å². The highest BCUT2D eigenvalue weighted by molar-refractivity contribution is 14.0. The van der Waals surface area contributed by atoms with Gasteiger partial charge in [-0.25, -0.2) is 4.99 Å². The third kappa shape index (κ3) is 9.45. The van der Waals surface area contributed by atoms with E-state index < -0.39 is 0 Å². The fourth-order valence-corrected chi connectivity index (χ4v) is 2.20. The minimum atomic E-state index is 0. The summed E-state index contributed by atoms with van der Waals surface area (Å²) in [6.45, 7) is 4.74. The highest BCUT2D eigenvalue weighted by Crippen LogP contribution is 2.16. The van der Waals surface area contributed by atoms with Crippen LogP contribution in [0.15, 0.2) is 4.99 Å². The van der Waals surface area contributed by atoms with Gasteiger partial charge in [-0.15, -0.1) is 24.0 Å². The summed E-state index contributed by atoms with van der Waals surface area (Å²) in [6, 6.07) is 0. The lowest BCUT2D eigenvalue weighted by Crippen LogP contribution is -2.39. The van der Waals surface area contributed by atoms with E-state index in [1.807, 2.05) is 6.92 Å². The molecule has 2 N–H and O–H groups in total. The quantitative estimate of drug-likeness (QED) is 0.281. The van der Waals surface area contributed by atoms with Gasteiger partial charge in [-0.05, 0) is 39.0 Å². The van der Waals surface area contributed by atoms with Crippen molar-refractivity contribution in [3.63, 3.8) is 0 Å². The van der Waals surface area contributed by atoms with Gasteiger partial charge in [-0.3, -0.25) is 4.79 Å². The second-order valence-electron chi connectivity index (χ2n) is 5.54. The summed E-state index contributed by atoms with van der Waals surface area (Å²) in [4.78, 5) is 17.4. The van der Waals surface area contributed by atoms with E-state index in [-0.39, 0.29) is 36.4 Å². The lowest BCUT2D eigenvalue weighted by atomic mass is 10.0. The predicted molar refractivity (Wildman–Crippen MR) is 101 cm³/mol. The summed E-state index contributed by atoms with van der Waals surface area (Å²) in [7, 11) is 3.48. The Labute approximate surface area is 151 Å². The number of rotatable bonds is 7. The van der Waals surface area contributed by atoms with Crippen molar-refractivity contribution in [2.45, 2.75) is 45.1 Å². The fourth-order valence-electron chi connectivity index (χ4n) is 2.20. The zero-order valence-corrected chi connectivity index (χ0v) is 16.4. The number of carbonyl (C=O) groups excluding carboxylic acids is 1. The van der Waals surface area contributed by atoms with Crippen LogP contribution in [0, 0.1) is 0 Å². The summed E-state index contributed by atoms with van der Waals surface area (Å²) >= 11 is 0. The molecule has 1 saturated heterocycles. The van der Waals surface area contributed by atoms with Crippen LogP contribution in [0.2, 0.25) is 0 Å². The van der Waals surface area contributed by atoms with Crippen LogP contribution in [0.25, 0.3) is 0 Å². The smallest absolute Gasteiger partial charge is 0.243 e. The van der Waals surface area contributed by atoms with Crippen molar-refractivity contribution in [2.24, 2.45) is 4.99 Å². The molecule has 0 aliphatic carbocycles. The molecule has 0 aromatic heterocycles. The number of nitrogens with zero attached hydrogens (tertiary/aromatic N) is 2. The largest absolute Gasteiger partial charge is 0.378 e. The maximum Gasteiger partial charge on any atom is 0.243 e. The molecule has 130 valence electrons. The molecule has 0 radical (unpaired) electrons. The number of nitrogens with one attached hydrogen (secondary N) is 2. The van der Waals surface area contributed by atoms with E-state index in [2.05, 4.69) is 15.6 Å². The number of halogens is 1. The average Bonchev–Trinajstić information content (AvgIpc) is 2.49. The Balaban J connectivity index is 0.00000441. The summed E-state index contributed by atoms with van der Waals surface area (Å²) in [5.74, 6) is 0.708. The minimum Gasteiger partial charge on any atom is -0.378 e. The van der Waals surface area contributed by atoms with Crippen LogP contribution >= 0.6 is 24.0 Å². The molecular weight excluding hydrogens is 395 g/mol.